The number of hydrogen-bond donors (Lipinski definition) is 2. The van der Waals surface area contributed by atoms with Crippen LogP contribution in [-0.2, 0) is 10.0 Å². The monoisotopic (exact) mass is 462 g/mol. The summed E-state index contributed by atoms with van der Waals surface area (Å²) in [5.41, 5.74) is 0.662. The molecule has 0 fully saturated rings. The van der Waals surface area contributed by atoms with Gasteiger partial charge in [-0.25, -0.2) is 18.4 Å². The van der Waals surface area contributed by atoms with Crippen LogP contribution in [0.3, 0.4) is 0 Å². The summed E-state index contributed by atoms with van der Waals surface area (Å²) in [6.45, 7) is 1.70. The SMILES string of the molecule is [2H]c1nc(C(=O)c2ncc(C)cc2NS(=O)(=O)c2ccc(Cl)c(Cl)c2)c2cc[nH]c2n1. The molecule has 0 bridgehead atoms. The molecule has 0 aliphatic carbocycles. The van der Waals surface area contributed by atoms with E-state index in [1.165, 1.54) is 30.5 Å². The van der Waals surface area contributed by atoms with Crippen molar-refractivity contribution in [3.8, 4) is 0 Å². The zero-order valence-corrected chi connectivity index (χ0v) is 17.6. The molecule has 4 aromatic rings. The highest BCUT2D eigenvalue weighted by atomic mass is 35.5. The van der Waals surface area contributed by atoms with Crippen LogP contribution in [0.5, 0.6) is 0 Å². The van der Waals surface area contributed by atoms with Crippen LogP contribution in [-0.4, -0.2) is 34.1 Å². The molecule has 0 amide bonds. The van der Waals surface area contributed by atoms with Gasteiger partial charge in [0.05, 0.1) is 20.6 Å². The van der Waals surface area contributed by atoms with Crippen LogP contribution < -0.4 is 4.72 Å². The van der Waals surface area contributed by atoms with Gasteiger partial charge in [0.2, 0.25) is 5.78 Å². The number of nitrogens with one attached hydrogen (secondary N) is 2. The van der Waals surface area contributed by atoms with E-state index >= 15 is 0 Å². The zero-order chi connectivity index (χ0) is 22.3. The average molecular weight is 463 g/mol. The first-order valence-electron chi connectivity index (χ1n) is 8.96. The Morgan fingerprint density at radius 2 is 1.90 bits per heavy atom. The van der Waals surface area contributed by atoms with Gasteiger partial charge in [-0.3, -0.25) is 14.5 Å². The van der Waals surface area contributed by atoms with Crippen molar-refractivity contribution in [2.24, 2.45) is 0 Å². The van der Waals surface area contributed by atoms with Crippen molar-refractivity contribution in [1.29, 1.82) is 0 Å². The van der Waals surface area contributed by atoms with Gasteiger partial charge in [0.15, 0.2) is 0 Å². The van der Waals surface area contributed by atoms with Gasteiger partial charge < -0.3 is 4.98 Å². The van der Waals surface area contributed by atoms with E-state index < -0.39 is 15.8 Å². The number of H-pyrrole nitrogens is 1. The number of pyridine rings is 1. The Bertz CT molecular complexity index is 1460. The lowest BCUT2D eigenvalue weighted by atomic mass is 10.1. The summed E-state index contributed by atoms with van der Waals surface area (Å²) in [5.74, 6) is -0.660. The molecule has 0 aliphatic heterocycles. The number of carbonyl (C=O) groups is 1. The maximum absolute atomic E-state index is 13.2. The predicted octanol–water partition coefficient (Wildman–Crippen LogP) is 4.00. The summed E-state index contributed by atoms with van der Waals surface area (Å²) >= 11 is 11.8. The Morgan fingerprint density at radius 3 is 2.67 bits per heavy atom. The Kier molecular flexibility index (Phi) is 4.86. The highest BCUT2D eigenvalue weighted by Crippen LogP contribution is 2.28. The number of carbonyl (C=O) groups excluding carboxylic acids is 1. The fraction of sp³-hybridized carbons (Fsp3) is 0.0526. The second-order valence-corrected chi connectivity index (χ2v) is 8.83. The molecule has 3 aromatic heterocycles. The summed E-state index contributed by atoms with van der Waals surface area (Å²) < 4.78 is 35.9. The average Bonchev–Trinajstić information content (AvgIpc) is 3.17. The maximum atomic E-state index is 13.2. The van der Waals surface area contributed by atoms with Crippen LogP contribution in [0.15, 0.2) is 53.9 Å². The third-order valence-corrected chi connectivity index (χ3v) is 6.31. The minimum atomic E-state index is -4.11. The molecular weight excluding hydrogens is 449 g/mol. The first kappa shape index (κ1) is 19.0. The number of rotatable bonds is 5. The van der Waals surface area contributed by atoms with Gasteiger partial charge in [-0.2, -0.15) is 0 Å². The molecule has 152 valence electrons. The highest BCUT2D eigenvalue weighted by Gasteiger charge is 2.24. The van der Waals surface area contributed by atoms with E-state index in [1.807, 2.05) is 0 Å². The normalized spacial score (nSPS) is 12.0. The third kappa shape index (κ3) is 3.74. The number of aromatic amines is 1. The minimum Gasteiger partial charge on any atom is -0.346 e. The Labute approximate surface area is 182 Å². The van der Waals surface area contributed by atoms with Gasteiger partial charge in [0.1, 0.15) is 24.7 Å². The van der Waals surface area contributed by atoms with E-state index in [-0.39, 0.29) is 38.3 Å². The summed E-state index contributed by atoms with van der Waals surface area (Å²) in [6, 6.07) is 6.93. The van der Waals surface area contributed by atoms with Crippen molar-refractivity contribution >= 4 is 55.7 Å². The Balaban J connectivity index is 1.80. The second kappa shape index (κ2) is 7.67. The standard InChI is InChI=1S/C19H13Cl2N5O3S/c1-10-6-15(26-30(28,29)11-2-3-13(20)14(21)7-11)17(23-8-10)18(27)16-12-4-5-22-19(12)25-9-24-16/h2-9,26H,1H3,(H,22,24,25)/i9D. The lowest BCUT2D eigenvalue weighted by Gasteiger charge is -2.13. The van der Waals surface area contributed by atoms with Crippen molar-refractivity contribution in [2.75, 3.05) is 4.72 Å². The minimum absolute atomic E-state index is 0.0371. The van der Waals surface area contributed by atoms with Gasteiger partial charge in [-0.1, -0.05) is 23.2 Å². The molecule has 0 spiro atoms. The zero-order valence-electron chi connectivity index (χ0n) is 16.3. The first-order chi connectivity index (χ1) is 14.7. The quantitative estimate of drug-likeness (QED) is 0.432. The van der Waals surface area contributed by atoms with E-state index in [2.05, 4.69) is 24.7 Å². The number of hydrogen-bond acceptors (Lipinski definition) is 6. The Morgan fingerprint density at radius 1 is 1.10 bits per heavy atom. The van der Waals surface area contributed by atoms with Crippen molar-refractivity contribution in [3.63, 3.8) is 0 Å². The van der Waals surface area contributed by atoms with Crippen LogP contribution in [0.4, 0.5) is 5.69 Å². The van der Waals surface area contributed by atoms with Crippen molar-refractivity contribution < 1.29 is 14.6 Å². The van der Waals surface area contributed by atoms with Crippen LogP contribution >= 0.6 is 23.2 Å². The number of fused-ring (bicyclic) bond motifs is 1. The predicted molar refractivity (Wildman–Crippen MR) is 114 cm³/mol. The summed E-state index contributed by atoms with van der Waals surface area (Å²) in [6.07, 6.45) is 2.64. The van der Waals surface area contributed by atoms with Crippen LogP contribution in [0.1, 0.15) is 23.1 Å². The summed E-state index contributed by atoms with van der Waals surface area (Å²) in [7, 11) is -4.11. The fourth-order valence-electron chi connectivity index (χ4n) is 2.79. The molecule has 11 heteroatoms. The Hall–Kier alpha value is -3.01. The number of nitrogens with zero attached hydrogens (tertiary/aromatic N) is 3. The smallest absolute Gasteiger partial charge is 0.262 e. The molecule has 1 aromatic carbocycles. The number of anilines is 1. The van der Waals surface area contributed by atoms with Gasteiger partial charge in [-0.05, 0) is 42.8 Å². The number of aryl methyl sites for hydroxylation is 1. The highest BCUT2D eigenvalue weighted by molar-refractivity contribution is 7.92. The van der Waals surface area contributed by atoms with E-state index in [9.17, 15) is 13.2 Å². The summed E-state index contributed by atoms with van der Waals surface area (Å²) in [5, 5.41) is 0.669. The largest absolute Gasteiger partial charge is 0.346 e. The molecule has 0 radical (unpaired) electrons. The molecule has 8 nitrogen and oxygen atoms in total. The third-order valence-electron chi connectivity index (χ3n) is 4.20. The number of aromatic nitrogens is 4. The number of benzene rings is 1. The molecule has 0 saturated heterocycles. The molecule has 0 atom stereocenters. The molecule has 0 saturated carbocycles. The number of sulfonamides is 1. The lowest BCUT2D eigenvalue weighted by Crippen LogP contribution is -2.18. The van der Waals surface area contributed by atoms with Crippen molar-refractivity contribution in [2.45, 2.75) is 11.8 Å². The van der Waals surface area contributed by atoms with E-state index in [0.29, 0.717) is 16.6 Å². The van der Waals surface area contributed by atoms with Crippen molar-refractivity contribution in [1.82, 2.24) is 19.9 Å². The lowest BCUT2D eigenvalue weighted by molar-refractivity contribution is 0.103. The maximum Gasteiger partial charge on any atom is 0.262 e. The molecule has 30 heavy (non-hydrogen) atoms. The number of halogens is 2. The van der Waals surface area contributed by atoms with Gasteiger partial charge in [-0.15, -0.1) is 0 Å². The van der Waals surface area contributed by atoms with Gasteiger partial charge in [0.25, 0.3) is 10.0 Å². The number of ketones is 1. The van der Waals surface area contributed by atoms with Crippen LogP contribution in [0.25, 0.3) is 11.0 Å². The molecule has 4 rings (SSSR count). The van der Waals surface area contributed by atoms with E-state index in [4.69, 9.17) is 24.6 Å². The molecular formula is C19H13Cl2N5O3S. The van der Waals surface area contributed by atoms with E-state index in [1.54, 1.807) is 19.2 Å². The molecule has 0 unspecified atom stereocenters. The van der Waals surface area contributed by atoms with Gasteiger partial charge >= 0.3 is 0 Å². The second-order valence-electron chi connectivity index (χ2n) is 6.33. The van der Waals surface area contributed by atoms with Crippen LogP contribution in [0.2, 0.25) is 10.0 Å². The van der Waals surface area contributed by atoms with E-state index in [0.717, 1.165) is 0 Å². The first-order valence-corrected chi connectivity index (χ1v) is 10.7. The molecule has 2 N–H and O–H groups in total. The fourth-order valence-corrected chi connectivity index (χ4v) is 4.24. The van der Waals surface area contributed by atoms with Crippen molar-refractivity contribution in [3.05, 3.63) is 76.0 Å². The molecule has 3 heterocycles. The van der Waals surface area contributed by atoms with Gasteiger partial charge in [0, 0.05) is 17.8 Å². The van der Waals surface area contributed by atoms with Crippen LogP contribution in [0, 0.1) is 6.92 Å². The summed E-state index contributed by atoms with van der Waals surface area (Å²) in [4.78, 5) is 27.9. The molecule has 0 aliphatic rings. The topological polar surface area (TPSA) is 118 Å².